The summed E-state index contributed by atoms with van der Waals surface area (Å²) in [6, 6.07) is 13.0. The Labute approximate surface area is 161 Å². The Morgan fingerprint density at radius 1 is 1.26 bits per heavy atom. The maximum Gasteiger partial charge on any atom is 0.258 e. The van der Waals surface area contributed by atoms with E-state index in [2.05, 4.69) is 10.1 Å². The summed E-state index contributed by atoms with van der Waals surface area (Å²) in [5, 5.41) is 4.66. The highest BCUT2D eigenvalue weighted by Gasteiger charge is 2.36. The molecule has 1 aromatic heterocycles. The van der Waals surface area contributed by atoms with Gasteiger partial charge in [0.25, 0.3) is 5.89 Å². The average Bonchev–Trinajstić information content (AvgIpc) is 3.29. The highest BCUT2D eigenvalue weighted by molar-refractivity contribution is 6.31. The van der Waals surface area contributed by atoms with Crippen molar-refractivity contribution in [2.45, 2.75) is 19.3 Å². The van der Waals surface area contributed by atoms with E-state index in [9.17, 15) is 4.79 Å². The molecule has 1 saturated heterocycles. The van der Waals surface area contributed by atoms with Crippen LogP contribution < -0.4 is 9.64 Å². The topological polar surface area (TPSA) is 68.5 Å². The number of hydrogen-bond acceptors (Lipinski definition) is 5. The SMILES string of the molecule is COc1ccc(Cl)cc1N1CC(c2noc(-c3ccccc3C)n2)CC1=O. The van der Waals surface area contributed by atoms with Crippen molar-refractivity contribution in [1.29, 1.82) is 0 Å². The van der Waals surface area contributed by atoms with Gasteiger partial charge in [0.1, 0.15) is 5.75 Å². The summed E-state index contributed by atoms with van der Waals surface area (Å²) >= 11 is 6.11. The number of benzene rings is 2. The average molecular weight is 384 g/mol. The fourth-order valence-electron chi connectivity index (χ4n) is 3.31. The zero-order valence-electron chi connectivity index (χ0n) is 15.0. The van der Waals surface area contributed by atoms with Gasteiger partial charge < -0.3 is 14.2 Å². The molecule has 1 aliphatic rings. The van der Waals surface area contributed by atoms with Gasteiger partial charge >= 0.3 is 0 Å². The quantitative estimate of drug-likeness (QED) is 0.674. The molecular formula is C20H18ClN3O3. The zero-order chi connectivity index (χ0) is 19.0. The first-order valence-corrected chi connectivity index (χ1v) is 8.98. The number of methoxy groups -OCH3 is 1. The molecule has 4 rings (SSSR count). The van der Waals surface area contributed by atoms with Crippen LogP contribution in [0.5, 0.6) is 5.75 Å². The second-order valence-electron chi connectivity index (χ2n) is 6.49. The number of carbonyl (C=O) groups is 1. The molecule has 0 radical (unpaired) electrons. The summed E-state index contributed by atoms with van der Waals surface area (Å²) in [6.45, 7) is 2.44. The number of aryl methyl sites for hydroxylation is 1. The van der Waals surface area contributed by atoms with Crippen molar-refractivity contribution in [1.82, 2.24) is 10.1 Å². The lowest BCUT2D eigenvalue weighted by Gasteiger charge is -2.19. The molecule has 0 saturated carbocycles. The summed E-state index contributed by atoms with van der Waals surface area (Å²) in [5.74, 6) is 1.42. The van der Waals surface area contributed by atoms with Crippen LogP contribution in [0.15, 0.2) is 47.0 Å². The second kappa shape index (κ2) is 7.04. The number of carbonyl (C=O) groups excluding carboxylic acids is 1. The molecule has 1 aliphatic heterocycles. The monoisotopic (exact) mass is 383 g/mol. The van der Waals surface area contributed by atoms with E-state index in [1.54, 1.807) is 30.2 Å². The van der Waals surface area contributed by atoms with E-state index in [0.717, 1.165) is 11.1 Å². The van der Waals surface area contributed by atoms with Crippen LogP contribution in [-0.2, 0) is 4.79 Å². The van der Waals surface area contributed by atoms with E-state index in [-0.39, 0.29) is 11.8 Å². The van der Waals surface area contributed by atoms with Crippen LogP contribution in [0, 0.1) is 6.92 Å². The Morgan fingerprint density at radius 3 is 2.85 bits per heavy atom. The molecule has 1 amide bonds. The first-order chi connectivity index (χ1) is 13.1. The highest BCUT2D eigenvalue weighted by Crippen LogP contribution is 2.37. The van der Waals surface area contributed by atoms with Gasteiger partial charge in [-0.25, -0.2) is 0 Å². The lowest BCUT2D eigenvalue weighted by atomic mass is 10.1. The van der Waals surface area contributed by atoms with E-state index >= 15 is 0 Å². The van der Waals surface area contributed by atoms with Gasteiger partial charge in [-0.05, 0) is 36.8 Å². The fourth-order valence-corrected chi connectivity index (χ4v) is 3.48. The molecule has 1 unspecified atom stereocenters. The smallest absolute Gasteiger partial charge is 0.258 e. The van der Waals surface area contributed by atoms with E-state index < -0.39 is 0 Å². The molecular weight excluding hydrogens is 366 g/mol. The van der Waals surface area contributed by atoms with Crippen LogP contribution in [-0.4, -0.2) is 29.7 Å². The largest absolute Gasteiger partial charge is 0.495 e. The Balaban J connectivity index is 1.60. The first-order valence-electron chi connectivity index (χ1n) is 8.60. The third kappa shape index (κ3) is 3.28. The third-order valence-corrected chi connectivity index (χ3v) is 4.97. The molecule has 2 heterocycles. The zero-order valence-corrected chi connectivity index (χ0v) is 15.7. The minimum Gasteiger partial charge on any atom is -0.495 e. The van der Waals surface area contributed by atoms with Crippen LogP contribution in [0.2, 0.25) is 5.02 Å². The lowest BCUT2D eigenvalue weighted by molar-refractivity contribution is -0.117. The molecule has 7 heteroatoms. The normalized spacial score (nSPS) is 16.8. The molecule has 1 fully saturated rings. The number of rotatable bonds is 4. The summed E-state index contributed by atoms with van der Waals surface area (Å²) in [4.78, 5) is 18.8. The van der Waals surface area contributed by atoms with Gasteiger partial charge in [0.05, 0.1) is 12.8 Å². The van der Waals surface area contributed by atoms with Crippen molar-refractivity contribution in [2.75, 3.05) is 18.6 Å². The number of hydrogen-bond donors (Lipinski definition) is 0. The number of ether oxygens (including phenoxy) is 1. The maximum atomic E-state index is 12.6. The summed E-state index contributed by atoms with van der Waals surface area (Å²) in [7, 11) is 1.57. The van der Waals surface area contributed by atoms with E-state index in [4.69, 9.17) is 20.9 Å². The van der Waals surface area contributed by atoms with Crippen molar-refractivity contribution < 1.29 is 14.1 Å². The van der Waals surface area contributed by atoms with Gasteiger partial charge in [0, 0.05) is 29.5 Å². The molecule has 2 aromatic carbocycles. The van der Waals surface area contributed by atoms with Crippen molar-refractivity contribution >= 4 is 23.2 Å². The predicted octanol–water partition coefficient (Wildman–Crippen LogP) is 4.23. The second-order valence-corrected chi connectivity index (χ2v) is 6.93. The third-order valence-electron chi connectivity index (χ3n) is 4.74. The van der Waals surface area contributed by atoms with Gasteiger partial charge in [-0.1, -0.05) is 35.0 Å². The van der Waals surface area contributed by atoms with Gasteiger partial charge in [0.2, 0.25) is 5.91 Å². The van der Waals surface area contributed by atoms with Crippen molar-refractivity contribution in [3.63, 3.8) is 0 Å². The summed E-state index contributed by atoms with van der Waals surface area (Å²) in [5.41, 5.74) is 2.61. The number of halogens is 1. The molecule has 1 atom stereocenters. The maximum absolute atomic E-state index is 12.6. The first kappa shape index (κ1) is 17.5. The number of aromatic nitrogens is 2. The predicted molar refractivity (Wildman–Crippen MR) is 102 cm³/mol. The van der Waals surface area contributed by atoms with Crippen LogP contribution in [0.1, 0.15) is 23.7 Å². The molecule has 6 nitrogen and oxygen atoms in total. The van der Waals surface area contributed by atoms with Crippen molar-refractivity contribution in [3.05, 3.63) is 58.9 Å². The lowest BCUT2D eigenvalue weighted by Crippen LogP contribution is -2.24. The standard InChI is InChI=1S/C20H18ClN3O3/c1-12-5-3-4-6-15(12)20-22-19(23-27-20)13-9-18(25)24(11-13)16-10-14(21)7-8-17(16)26-2/h3-8,10,13H,9,11H2,1-2H3. The van der Waals surface area contributed by atoms with Crippen LogP contribution >= 0.6 is 11.6 Å². The Hall–Kier alpha value is -2.86. The Morgan fingerprint density at radius 2 is 2.07 bits per heavy atom. The molecule has 0 aliphatic carbocycles. The van der Waals surface area contributed by atoms with E-state index in [1.165, 1.54) is 0 Å². The minimum atomic E-state index is -0.150. The van der Waals surface area contributed by atoms with Gasteiger partial charge in [-0.2, -0.15) is 4.98 Å². The molecule has 3 aromatic rings. The molecule has 138 valence electrons. The number of nitrogens with zero attached hydrogens (tertiary/aromatic N) is 3. The highest BCUT2D eigenvalue weighted by atomic mass is 35.5. The Bertz CT molecular complexity index is 1000. The van der Waals surface area contributed by atoms with Gasteiger partial charge in [0.15, 0.2) is 5.82 Å². The van der Waals surface area contributed by atoms with E-state index in [0.29, 0.717) is 41.1 Å². The molecule has 0 spiro atoms. The van der Waals surface area contributed by atoms with Crippen LogP contribution in [0.25, 0.3) is 11.5 Å². The number of amides is 1. The Kier molecular flexibility index (Phi) is 4.58. The van der Waals surface area contributed by atoms with Gasteiger partial charge in [-0.15, -0.1) is 0 Å². The molecule has 0 bridgehead atoms. The van der Waals surface area contributed by atoms with E-state index in [1.807, 2.05) is 31.2 Å². The van der Waals surface area contributed by atoms with Crippen molar-refractivity contribution in [3.8, 4) is 17.2 Å². The van der Waals surface area contributed by atoms with Crippen molar-refractivity contribution in [2.24, 2.45) is 0 Å². The summed E-state index contributed by atoms with van der Waals surface area (Å²) in [6.07, 6.45) is 0.308. The molecule has 0 N–H and O–H groups in total. The summed E-state index contributed by atoms with van der Waals surface area (Å²) < 4.78 is 10.8. The molecule has 27 heavy (non-hydrogen) atoms. The van der Waals surface area contributed by atoms with Gasteiger partial charge in [-0.3, -0.25) is 4.79 Å². The fraction of sp³-hybridized carbons (Fsp3) is 0.250. The minimum absolute atomic E-state index is 0.0252. The number of anilines is 1. The van der Waals surface area contributed by atoms with Crippen LogP contribution in [0.4, 0.5) is 5.69 Å². The van der Waals surface area contributed by atoms with Crippen LogP contribution in [0.3, 0.4) is 0 Å².